The molecule has 1 rings (SSSR count). The van der Waals surface area contributed by atoms with E-state index < -0.39 is 0 Å². The minimum atomic E-state index is -0.361. The molecule has 158 valence electrons. The molecule has 3 heteroatoms. The maximum Gasteiger partial charge on any atom is 0.158 e. The van der Waals surface area contributed by atoms with E-state index >= 15 is 0 Å². The minimum Gasteiger partial charge on any atom is -0.389 e. The van der Waals surface area contributed by atoms with Crippen LogP contribution in [0.1, 0.15) is 84.0 Å². The lowest BCUT2D eigenvalue weighted by Crippen LogP contribution is -2.12. The van der Waals surface area contributed by atoms with Crippen LogP contribution in [0.2, 0.25) is 0 Å². The zero-order valence-corrected chi connectivity index (χ0v) is 17.8. The summed E-state index contributed by atoms with van der Waals surface area (Å²) in [6.45, 7) is 5.86. The number of hydrogen-bond acceptors (Lipinski definition) is 3. The Kier molecular flexibility index (Phi) is 13.5. The van der Waals surface area contributed by atoms with Gasteiger partial charge in [-0.05, 0) is 50.4 Å². The van der Waals surface area contributed by atoms with E-state index in [1.54, 1.807) is 0 Å². The number of rotatable bonds is 16. The van der Waals surface area contributed by atoms with E-state index in [2.05, 4.69) is 43.9 Å². The first kappa shape index (κ1) is 24.6. The number of carbonyl (C=O) groups excluding carboxylic acids is 2. The third-order valence-corrected chi connectivity index (χ3v) is 5.80. The van der Waals surface area contributed by atoms with Crippen LogP contribution in [0, 0.1) is 17.8 Å². The Morgan fingerprint density at radius 3 is 2.75 bits per heavy atom. The van der Waals surface area contributed by atoms with Crippen molar-refractivity contribution in [1.29, 1.82) is 0 Å². The summed E-state index contributed by atoms with van der Waals surface area (Å²) in [5.74, 6) is 1.30. The number of aliphatic hydroxyl groups is 1. The second-order valence-electron chi connectivity index (χ2n) is 8.08. The van der Waals surface area contributed by atoms with Gasteiger partial charge in [0.1, 0.15) is 12.4 Å². The lowest BCUT2D eigenvalue weighted by Gasteiger charge is -2.14. The summed E-state index contributed by atoms with van der Waals surface area (Å²) in [5, 5.41) is 8.71. The minimum absolute atomic E-state index is 0.104. The Labute approximate surface area is 172 Å². The van der Waals surface area contributed by atoms with E-state index in [0.29, 0.717) is 30.5 Å². The monoisotopic (exact) mass is 388 g/mol. The average Bonchev–Trinajstić information content (AvgIpc) is 3.05. The molecule has 0 bridgehead atoms. The molecule has 0 amide bonds. The van der Waals surface area contributed by atoms with Crippen molar-refractivity contribution in [2.45, 2.75) is 84.0 Å². The van der Waals surface area contributed by atoms with Gasteiger partial charge in [0.2, 0.25) is 0 Å². The predicted octanol–water partition coefficient (Wildman–Crippen LogP) is 5.98. The van der Waals surface area contributed by atoms with Gasteiger partial charge in [-0.2, -0.15) is 0 Å². The van der Waals surface area contributed by atoms with Crippen LogP contribution >= 0.6 is 0 Å². The van der Waals surface area contributed by atoms with Crippen LogP contribution in [0.4, 0.5) is 0 Å². The predicted molar refractivity (Wildman–Crippen MR) is 117 cm³/mol. The van der Waals surface area contributed by atoms with Crippen LogP contribution in [-0.2, 0) is 9.59 Å². The maximum atomic E-state index is 12.2. The topological polar surface area (TPSA) is 54.4 Å². The van der Waals surface area contributed by atoms with Crippen molar-refractivity contribution < 1.29 is 14.7 Å². The van der Waals surface area contributed by atoms with Crippen LogP contribution < -0.4 is 0 Å². The van der Waals surface area contributed by atoms with Gasteiger partial charge in [0.25, 0.3) is 0 Å². The molecule has 28 heavy (non-hydrogen) atoms. The van der Waals surface area contributed by atoms with Gasteiger partial charge < -0.3 is 5.11 Å². The van der Waals surface area contributed by atoms with Gasteiger partial charge in [-0.25, -0.2) is 0 Å². The van der Waals surface area contributed by atoms with Crippen molar-refractivity contribution in [2.75, 3.05) is 6.61 Å². The molecule has 0 aromatic heterocycles. The molecule has 1 fully saturated rings. The summed E-state index contributed by atoms with van der Waals surface area (Å²) in [6.07, 6.45) is 22.7. The van der Waals surface area contributed by atoms with Gasteiger partial charge in [0.05, 0.1) is 0 Å². The average molecular weight is 389 g/mol. The smallest absolute Gasteiger partial charge is 0.158 e. The first-order chi connectivity index (χ1) is 13.6. The Hall–Kier alpha value is -1.48. The Morgan fingerprint density at radius 1 is 1.21 bits per heavy atom. The molecule has 3 nitrogen and oxygen atoms in total. The van der Waals surface area contributed by atoms with Crippen LogP contribution in [0.15, 0.2) is 37.0 Å². The Bertz CT molecular complexity index is 518. The lowest BCUT2D eigenvalue weighted by molar-refractivity contribution is -0.122. The number of ketones is 2. The fourth-order valence-corrected chi connectivity index (χ4v) is 3.92. The molecule has 0 aromatic rings. The normalized spacial score (nSPS) is 21.0. The van der Waals surface area contributed by atoms with E-state index in [9.17, 15) is 9.59 Å². The zero-order chi connectivity index (χ0) is 20.6. The second-order valence-corrected chi connectivity index (χ2v) is 8.08. The number of Topliss-reactive ketones (excluding diaryl/α,β-unsaturated/α-hetero) is 2. The van der Waals surface area contributed by atoms with Crippen molar-refractivity contribution in [3.8, 4) is 0 Å². The van der Waals surface area contributed by atoms with E-state index in [0.717, 1.165) is 32.1 Å². The molecule has 0 heterocycles. The van der Waals surface area contributed by atoms with Gasteiger partial charge in [0, 0.05) is 18.8 Å². The molecule has 0 spiro atoms. The zero-order valence-electron chi connectivity index (χ0n) is 17.8. The molecular weight excluding hydrogens is 348 g/mol. The first-order valence-electron chi connectivity index (χ1n) is 11.2. The van der Waals surface area contributed by atoms with Crippen molar-refractivity contribution in [3.63, 3.8) is 0 Å². The number of unbranched alkanes of at least 4 members (excludes halogenated alkanes) is 4. The lowest BCUT2D eigenvalue weighted by atomic mass is 9.90. The standard InChI is InChI=1S/C25H40O3/c1-3-5-6-9-13-21(4-2)14-12-15-22-18-19-25(28)24(22)17-11-8-7-10-16-23(27)20-26/h4,8,11-12,15,21-22,24,26H,2-3,5-7,9-10,13-14,16-20H2,1H3/b11-8-,15-12+/t21?,22-,24+/m0/s1. The summed E-state index contributed by atoms with van der Waals surface area (Å²) in [4.78, 5) is 23.3. The molecule has 1 aliphatic carbocycles. The van der Waals surface area contributed by atoms with Crippen LogP contribution in [-0.4, -0.2) is 23.3 Å². The molecule has 1 aliphatic rings. The SMILES string of the molecule is C=CC(C/C=C/[C@H]1CCC(=O)[C@@H]1C/C=C\CCCC(=O)CO)CCCCCC. The van der Waals surface area contributed by atoms with Gasteiger partial charge >= 0.3 is 0 Å². The van der Waals surface area contributed by atoms with Crippen molar-refractivity contribution in [2.24, 2.45) is 17.8 Å². The Morgan fingerprint density at radius 2 is 2.04 bits per heavy atom. The maximum absolute atomic E-state index is 12.2. The largest absolute Gasteiger partial charge is 0.389 e. The third kappa shape index (κ3) is 10.2. The number of allylic oxidation sites excluding steroid dienone is 5. The molecular formula is C25H40O3. The van der Waals surface area contributed by atoms with E-state index in [4.69, 9.17) is 5.11 Å². The highest BCUT2D eigenvalue weighted by atomic mass is 16.3. The number of aliphatic hydroxyl groups excluding tert-OH is 1. The Balaban J connectivity index is 2.36. The fraction of sp³-hybridized carbons (Fsp3) is 0.680. The van der Waals surface area contributed by atoms with Crippen molar-refractivity contribution in [3.05, 3.63) is 37.0 Å². The van der Waals surface area contributed by atoms with E-state index in [1.807, 2.05) is 0 Å². The highest BCUT2D eigenvalue weighted by molar-refractivity contribution is 5.83. The molecule has 0 saturated heterocycles. The number of carbonyl (C=O) groups is 2. The number of hydrogen-bond donors (Lipinski definition) is 1. The summed E-state index contributed by atoms with van der Waals surface area (Å²) in [6, 6.07) is 0. The fourth-order valence-electron chi connectivity index (χ4n) is 3.92. The second kappa shape index (κ2) is 15.4. The third-order valence-electron chi connectivity index (χ3n) is 5.80. The molecule has 0 radical (unpaired) electrons. The van der Waals surface area contributed by atoms with Crippen molar-refractivity contribution >= 4 is 11.6 Å². The van der Waals surface area contributed by atoms with Crippen molar-refractivity contribution in [1.82, 2.24) is 0 Å². The van der Waals surface area contributed by atoms with Gasteiger partial charge in [-0.1, -0.05) is 63.0 Å². The van der Waals surface area contributed by atoms with E-state index in [1.165, 1.54) is 32.1 Å². The summed E-state index contributed by atoms with van der Waals surface area (Å²) < 4.78 is 0. The van der Waals surface area contributed by atoms with Crippen LogP contribution in [0.5, 0.6) is 0 Å². The molecule has 0 aromatic carbocycles. The highest BCUT2D eigenvalue weighted by Gasteiger charge is 2.31. The van der Waals surface area contributed by atoms with E-state index in [-0.39, 0.29) is 18.3 Å². The summed E-state index contributed by atoms with van der Waals surface area (Å²) in [5.41, 5.74) is 0. The van der Waals surface area contributed by atoms with Gasteiger partial charge in [-0.15, -0.1) is 6.58 Å². The molecule has 0 aliphatic heterocycles. The van der Waals surface area contributed by atoms with Gasteiger partial charge in [0.15, 0.2) is 5.78 Å². The van der Waals surface area contributed by atoms with Crippen LogP contribution in [0.25, 0.3) is 0 Å². The summed E-state index contributed by atoms with van der Waals surface area (Å²) >= 11 is 0. The molecule has 1 unspecified atom stereocenters. The molecule has 1 saturated carbocycles. The first-order valence-corrected chi connectivity index (χ1v) is 11.2. The highest BCUT2D eigenvalue weighted by Crippen LogP contribution is 2.33. The van der Waals surface area contributed by atoms with Crippen LogP contribution in [0.3, 0.4) is 0 Å². The summed E-state index contributed by atoms with van der Waals surface area (Å²) in [7, 11) is 0. The molecule has 1 N–H and O–H groups in total. The molecule has 3 atom stereocenters. The quantitative estimate of drug-likeness (QED) is 0.261. The van der Waals surface area contributed by atoms with Gasteiger partial charge in [-0.3, -0.25) is 9.59 Å².